The summed E-state index contributed by atoms with van der Waals surface area (Å²) >= 11 is 6.18. The van der Waals surface area contributed by atoms with Crippen LogP contribution in [0.15, 0.2) is 42.5 Å². The summed E-state index contributed by atoms with van der Waals surface area (Å²) in [6.45, 7) is 3.23. The van der Waals surface area contributed by atoms with Crippen molar-refractivity contribution in [2.45, 2.75) is 19.3 Å². The van der Waals surface area contributed by atoms with Crippen LogP contribution in [0.2, 0.25) is 5.02 Å². The molecule has 0 saturated heterocycles. The van der Waals surface area contributed by atoms with E-state index >= 15 is 0 Å². The molecule has 3 nitrogen and oxygen atoms in total. The molecule has 118 valence electrons. The molecule has 4 heteroatoms. The predicted octanol–water partition coefficient (Wildman–Crippen LogP) is 4.03. The van der Waals surface area contributed by atoms with E-state index < -0.39 is 0 Å². The van der Waals surface area contributed by atoms with E-state index in [0.29, 0.717) is 23.9 Å². The number of halogens is 1. The summed E-state index contributed by atoms with van der Waals surface area (Å²) in [6.07, 6.45) is 0.841. The van der Waals surface area contributed by atoms with E-state index in [2.05, 4.69) is 12.1 Å². The van der Waals surface area contributed by atoms with Crippen molar-refractivity contribution in [3.63, 3.8) is 0 Å². The van der Waals surface area contributed by atoms with E-state index in [9.17, 15) is 0 Å². The van der Waals surface area contributed by atoms with Gasteiger partial charge in [0.15, 0.2) is 0 Å². The Morgan fingerprint density at radius 3 is 2.41 bits per heavy atom. The van der Waals surface area contributed by atoms with Crippen LogP contribution in [-0.4, -0.2) is 20.3 Å². The van der Waals surface area contributed by atoms with Gasteiger partial charge in [-0.15, -0.1) is 0 Å². The fraction of sp³-hybridized carbons (Fsp3) is 0.333. The Morgan fingerprint density at radius 2 is 1.86 bits per heavy atom. The number of benzene rings is 2. The minimum absolute atomic E-state index is 0.250. The van der Waals surface area contributed by atoms with Crippen molar-refractivity contribution in [1.29, 1.82) is 0 Å². The third kappa shape index (κ3) is 4.15. The van der Waals surface area contributed by atoms with Gasteiger partial charge in [0.25, 0.3) is 0 Å². The predicted molar refractivity (Wildman–Crippen MR) is 91.1 cm³/mol. The van der Waals surface area contributed by atoms with Crippen LogP contribution in [0.5, 0.6) is 11.5 Å². The molecule has 2 rings (SSSR count). The van der Waals surface area contributed by atoms with Gasteiger partial charge in [-0.3, -0.25) is 0 Å². The molecule has 1 unspecified atom stereocenters. The second kappa shape index (κ2) is 8.06. The van der Waals surface area contributed by atoms with Crippen molar-refractivity contribution in [1.82, 2.24) is 0 Å². The Labute approximate surface area is 137 Å². The molecule has 0 saturated carbocycles. The standard InChI is InChI=1S/C18H22ClNO2/c1-3-22-16-7-5-14(6-8-16)15(12-20)10-13-4-9-18(21-2)17(19)11-13/h4-9,11,15H,3,10,12,20H2,1-2H3. The lowest BCUT2D eigenvalue weighted by Gasteiger charge is -2.16. The summed E-state index contributed by atoms with van der Waals surface area (Å²) in [4.78, 5) is 0. The number of hydrogen-bond acceptors (Lipinski definition) is 3. The van der Waals surface area contributed by atoms with Crippen molar-refractivity contribution in [3.05, 3.63) is 58.6 Å². The van der Waals surface area contributed by atoms with Crippen molar-refractivity contribution in [3.8, 4) is 11.5 Å². The van der Waals surface area contributed by atoms with Gasteiger partial charge in [-0.05, 0) is 55.3 Å². The first-order valence-corrected chi connectivity index (χ1v) is 7.81. The zero-order chi connectivity index (χ0) is 15.9. The first kappa shape index (κ1) is 16.7. The minimum atomic E-state index is 0.250. The van der Waals surface area contributed by atoms with Gasteiger partial charge >= 0.3 is 0 Å². The van der Waals surface area contributed by atoms with E-state index in [0.717, 1.165) is 17.7 Å². The fourth-order valence-corrected chi connectivity index (χ4v) is 2.74. The summed E-state index contributed by atoms with van der Waals surface area (Å²) in [5.74, 6) is 1.82. The van der Waals surface area contributed by atoms with Gasteiger partial charge in [0.1, 0.15) is 11.5 Å². The molecule has 0 heterocycles. The van der Waals surface area contributed by atoms with Crippen molar-refractivity contribution in [2.75, 3.05) is 20.3 Å². The summed E-state index contributed by atoms with van der Waals surface area (Å²) in [7, 11) is 1.61. The Bertz CT molecular complexity index is 599. The van der Waals surface area contributed by atoms with Crippen LogP contribution in [0.25, 0.3) is 0 Å². The van der Waals surface area contributed by atoms with Crippen molar-refractivity contribution in [2.24, 2.45) is 5.73 Å². The molecule has 0 aliphatic rings. The van der Waals surface area contributed by atoms with Crippen LogP contribution in [0, 0.1) is 0 Å². The number of nitrogens with two attached hydrogens (primary N) is 1. The Balaban J connectivity index is 2.12. The highest BCUT2D eigenvalue weighted by Crippen LogP contribution is 2.28. The molecule has 0 aromatic heterocycles. The van der Waals surface area contributed by atoms with Crippen LogP contribution in [0.1, 0.15) is 24.0 Å². The second-order valence-corrected chi connectivity index (χ2v) is 5.51. The normalized spacial score (nSPS) is 12.0. The van der Waals surface area contributed by atoms with Crippen LogP contribution in [0.4, 0.5) is 0 Å². The molecule has 0 bridgehead atoms. The molecular formula is C18H22ClNO2. The fourth-order valence-electron chi connectivity index (χ4n) is 2.46. The van der Waals surface area contributed by atoms with E-state index in [1.165, 1.54) is 5.56 Å². The third-order valence-corrected chi connectivity index (χ3v) is 3.94. The van der Waals surface area contributed by atoms with Crippen LogP contribution in [0.3, 0.4) is 0 Å². The third-order valence-electron chi connectivity index (χ3n) is 3.65. The molecule has 2 aromatic rings. The molecule has 2 aromatic carbocycles. The van der Waals surface area contributed by atoms with Gasteiger partial charge in [-0.1, -0.05) is 29.8 Å². The highest BCUT2D eigenvalue weighted by molar-refractivity contribution is 6.32. The maximum absolute atomic E-state index is 6.18. The summed E-state index contributed by atoms with van der Waals surface area (Å²) in [5, 5.41) is 0.627. The molecular weight excluding hydrogens is 298 g/mol. The van der Waals surface area contributed by atoms with Crippen molar-refractivity contribution >= 4 is 11.6 Å². The van der Waals surface area contributed by atoms with Gasteiger partial charge in [0.2, 0.25) is 0 Å². The SMILES string of the molecule is CCOc1ccc(C(CN)Cc2ccc(OC)c(Cl)c2)cc1. The highest BCUT2D eigenvalue weighted by Gasteiger charge is 2.12. The van der Waals surface area contributed by atoms with Crippen LogP contribution in [-0.2, 0) is 6.42 Å². The number of hydrogen-bond donors (Lipinski definition) is 1. The number of rotatable bonds is 7. The summed E-state index contributed by atoms with van der Waals surface area (Å²) in [6, 6.07) is 14.0. The molecule has 22 heavy (non-hydrogen) atoms. The zero-order valence-electron chi connectivity index (χ0n) is 13.0. The van der Waals surface area contributed by atoms with Crippen molar-refractivity contribution < 1.29 is 9.47 Å². The van der Waals surface area contributed by atoms with E-state index in [1.54, 1.807) is 7.11 Å². The Morgan fingerprint density at radius 1 is 1.14 bits per heavy atom. The maximum atomic E-state index is 6.18. The number of methoxy groups -OCH3 is 1. The van der Waals surface area contributed by atoms with E-state index in [-0.39, 0.29) is 5.92 Å². The topological polar surface area (TPSA) is 44.5 Å². The molecule has 0 radical (unpaired) electrons. The molecule has 0 aliphatic heterocycles. The molecule has 0 aliphatic carbocycles. The average molecular weight is 320 g/mol. The quantitative estimate of drug-likeness (QED) is 0.838. The second-order valence-electron chi connectivity index (χ2n) is 5.11. The summed E-state index contributed by atoms with van der Waals surface area (Å²) in [5.41, 5.74) is 8.31. The zero-order valence-corrected chi connectivity index (χ0v) is 13.8. The average Bonchev–Trinajstić information content (AvgIpc) is 2.54. The molecule has 0 fully saturated rings. The smallest absolute Gasteiger partial charge is 0.137 e. The first-order valence-electron chi connectivity index (χ1n) is 7.43. The number of ether oxygens (including phenoxy) is 2. The molecule has 0 amide bonds. The van der Waals surface area contributed by atoms with Gasteiger partial charge in [-0.2, -0.15) is 0 Å². The Hall–Kier alpha value is -1.71. The van der Waals surface area contributed by atoms with E-state index in [1.807, 2.05) is 37.3 Å². The largest absolute Gasteiger partial charge is 0.495 e. The lowest BCUT2D eigenvalue weighted by atomic mass is 9.92. The van der Waals surface area contributed by atoms with Crippen LogP contribution >= 0.6 is 11.6 Å². The lowest BCUT2D eigenvalue weighted by molar-refractivity contribution is 0.340. The molecule has 1 atom stereocenters. The van der Waals surface area contributed by atoms with Gasteiger partial charge in [-0.25, -0.2) is 0 Å². The summed E-state index contributed by atoms with van der Waals surface area (Å²) < 4.78 is 10.7. The molecule has 2 N–H and O–H groups in total. The van der Waals surface area contributed by atoms with Gasteiger partial charge < -0.3 is 15.2 Å². The van der Waals surface area contributed by atoms with E-state index in [4.69, 9.17) is 26.8 Å². The van der Waals surface area contributed by atoms with Crippen LogP contribution < -0.4 is 15.2 Å². The van der Waals surface area contributed by atoms with Gasteiger partial charge in [0.05, 0.1) is 18.7 Å². The molecule has 0 spiro atoms. The lowest BCUT2D eigenvalue weighted by Crippen LogP contribution is -2.15. The monoisotopic (exact) mass is 319 g/mol. The minimum Gasteiger partial charge on any atom is -0.495 e. The highest BCUT2D eigenvalue weighted by atomic mass is 35.5. The maximum Gasteiger partial charge on any atom is 0.137 e. The Kier molecular flexibility index (Phi) is 6.10. The van der Waals surface area contributed by atoms with Gasteiger partial charge in [0, 0.05) is 5.92 Å². The first-order chi connectivity index (χ1) is 10.7.